The smallest absolute Gasteiger partial charge is 0.416 e. The quantitative estimate of drug-likeness (QED) is 0.174. The summed E-state index contributed by atoms with van der Waals surface area (Å²) < 4.78 is 43.7. The molecule has 0 unspecified atom stereocenters. The molecule has 2 N–H and O–H groups in total. The third kappa shape index (κ3) is 8.03. The summed E-state index contributed by atoms with van der Waals surface area (Å²) in [5.74, 6) is -1.95. The molecule has 1 amide bonds. The van der Waals surface area contributed by atoms with Crippen molar-refractivity contribution >= 4 is 33.4 Å². The van der Waals surface area contributed by atoms with Crippen LogP contribution in [0.15, 0.2) is 52.9 Å². The number of nitrogens with one attached hydrogen (secondary N) is 1. The van der Waals surface area contributed by atoms with Gasteiger partial charge >= 0.3 is 12.1 Å². The lowest BCUT2D eigenvalue weighted by Gasteiger charge is -2.26. The largest absolute Gasteiger partial charge is 0.481 e. The number of fused-ring (bicyclic) bond motifs is 1. The average molecular weight is 657 g/mol. The normalized spacial score (nSPS) is 13.4. The number of carboxylic acids is 1. The van der Waals surface area contributed by atoms with Gasteiger partial charge in [-0.25, -0.2) is 4.98 Å². The van der Waals surface area contributed by atoms with E-state index in [1.807, 2.05) is 58.0 Å². The summed E-state index contributed by atoms with van der Waals surface area (Å²) in [5, 5.41) is 12.8. The number of aliphatic carboxylic acids is 1. The molecule has 2 atom stereocenters. The van der Waals surface area contributed by atoms with Gasteiger partial charge in [0.25, 0.3) is 5.56 Å². The van der Waals surface area contributed by atoms with Crippen LogP contribution < -0.4 is 10.9 Å². The summed E-state index contributed by atoms with van der Waals surface area (Å²) >= 11 is 1.39. The minimum atomic E-state index is -4.75. The molecular formula is C34H39F3N4O4S. The second-order valence-electron chi connectivity index (χ2n) is 12.3. The van der Waals surface area contributed by atoms with Gasteiger partial charge in [0.1, 0.15) is 6.04 Å². The van der Waals surface area contributed by atoms with Gasteiger partial charge in [-0.3, -0.25) is 14.4 Å². The van der Waals surface area contributed by atoms with Crippen LogP contribution in [0.1, 0.15) is 66.6 Å². The maximum absolute atomic E-state index is 14.1. The topological polar surface area (TPSA) is 105 Å². The highest BCUT2D eigenvalue weighted by atomic mass is 32.1. The summed E-state index contributed by atoms with van der Waals surface area (Å²) in [6, 6.07) is 8.09. The number of aryl methyl sites for hydroxylation is 2. The number of hydrogen-bond acceptors (Lipinski definition) is 6. The highest BCUT2D eigenvalue weighted by molar-refractivity contribution is 7.16. The molecule has 246 valence electrons. The highest BCUT2D eigenvalue weighted by Crippen LogP contribution is 2.37. The molecule has 0 aliphatic carbocycles. The predicted octanol–water partition coefficient (Wildman–Crippen LogP) is 6.78. The molecule has 0 aliphatic heterocycles. The van der Waals surface area contributed by atoms with Crippen molar-refractivity contribution < 1.29 is 27.9 Å². The molecule has 0 saturated carbocycles. The first kappa shape index (κ1) is 34.8. The van der Waals surface area contributed by atoms with Crippen molar-refractivity contribution in [2.24, 2.45) is 5.92 Å². The van der Waals surface area contributed by atoms with Gasteiger partial charge in [-0.05, 0) is 86.7 Å². The van der Waals surface area contributed by atoms with Crippen LogP contribution in [0.4, 0.5) is 13.2 Å². The Bertz CT molecular complexity index is 1780. The van der Waals surface area contributed by atoms with E-state index in [0.717, 1.165) is 37.7 Å². The van der Waals surface area contributed by atoms with Gasteiger partial charge in [0.2, 0.25) is 5.91 Å². The van der Waals surface area contributed by atoms with Crippen LogP contribution in [0, 0.1) is 19.8 Å². The van der Waals surface area contributed by atoms with E-state index >= 15 is 0 Å². The fourth-order valence-electron chi connectivity index (χ4n) is 5.79. The van der Waals surface area contributed by atoms with E-state index in [9.17, 15) is 32.7 Å². The van der Waals surface area contributed by atoms with E-state index < -0.39 is 47.7 Å². The standard InChI is InChI=1S/C34H39F3N4O4S/c1-19(2)12-27(41-17-22(10-11-40(5)6)25(15-29(41)42)34(35,36)37)33(45)39-26(16-30(43)44)24-13-23(14-28-32(24)38-18-46-28)31-20(3)8-7-9-21(31)4/h7-9,13-15,17-19,26-27H,10-12,16H2,1-6H3,(H,39,45)(H,43,44)/t26-,27-/m1/s1. The van der Waals surface area contributed by atoms with E-state index in [0.29, 0.717) is 23.7 Å². The van der Waals surface area contributed by atoms with Crippen LogP contribution in [0.5, 0.6) is 0 Å². The van der Waals surface area contributed by atoms with Gasteiger partial charge in [-0.1, -0.05) is 32.0 Å². The van der Waals surface area contributed by atoms with Gasteiger partial charge in [-0.15, -0.1) is 11.3 Å². The first-order chi connectivity index (χ1) is 21.6. The Morgan fingerprint density at radius 1 is 1.11 bits per heavy atom. The fraction of sp³-hybridized carbons (Fsp3) is 0.412. The molecule has 2 heterocycles. The number of halogens is 3. The van der Waals surface area contributed by atoms with Crippen molar-refractivity contribution in [2.75, 3.05) is 20.6 Å². The number of carbonyl (C=O) groups excluding carboxylic acids is 1. The molecule has 0 radical (unpaired) electrons. The van der Waals surface area contributed by atoms with Gasteiger partial charge in [-0.2, -0.15) is 13.2 Å². The van der Waals surface area contributed by atoms with Crippen molar-refractivity contribution in [3.63, 3.8) is 0 Å². The minimum Gasteiger partial charge on any atom is -0.481 e. The Kier molecular flexibility index (Phi) is 10.7. The summed E-state index contributed by atoms with van der Waals surface area (Å²) in [4.78, 5) is 45.7. The zero-order chi connectivity index (χ0) is 33.9. The van der Waals surface area contributed by atoms with E-state index in [2.05, 4.69) is 10.3 Å². The Morgan fingerprint density at radius 2 is 1.78 bits per heavy atom. The van der Waals surface area contributed by atoms with E-state index in [1.54, 1.807) is 24.5 Å². The van der Waals surface area contributed by atoms with Gasteiger partial charge in [0.15, 0.2) is 0 Å². The molecule has 8 nitrogen and oxygen atoms in total. The summed E-state index contributed by atoms with van der Waals surface area (Å²) in [6.45, 7) is 7.94. The number of carbonyl (C=O) groups is 2. The molecule has 0 fully saturated rings. The number of thiazole rings is 1. The molecule has 46 heavy (non-hydrogen) atoms. The van der Waals surface area contributed by atoms with Gasteiger partial charge in [0.05, 0.1) is 33.8 Å². The predicted molar refractivity (Wildman–Crippen MR) is 174 cm³/mol. The maximum Gasteiger partial charge on any atom is 0.416 e. The lowest BCUT2D eigenvalue weighted by atomic mass is 9.91. The number of alkyl halides is 3. The van der Waals surface area contributed by atoms with Crippen LogP contribution in [0.2, 0.25) is 0 Å². The molecule has 2 aromatic carbocycles. The Balaban J connectivity index is 1.82. The molecule has 4 aromatic rings. The number of aromatic nitrogens is 2. The van der Waals surface area contributed by atoms with E-state index in [4.69, 9.17) is 0 Å². The number of likely N-dealkylation sites (N-methyl/N-ethyl adjacent to an activating group) is 1. The molecular weight excluding hydrogens is 617 g/mol. The monoisotopic (exact) mass is 656 g/mol. The minimum absolute atomic E-state index is 0.00665. The van der Waals surface area contributed by atoms with E-state index in [1.165, 1.54) is 11.3 Å². The number of rotatable bonds is 12. The van der Waals surface area contributed by atoms with Crippen LogP contribution in [-0.4, -0.2) is 52.1 Å². The number of nitrogens with zero attached hydrogens (tertiary/aromatic N) is 3. The third-order valence-electron chi connectivity index (χ3n) is 7.94. The van der Waals surface area contributed by atoms with Gasteiger partial charge < -0.3 is 19.9 Å². The number of carboxylic acid groups (broad SMARTS) is 1. The zero-order valence-corrected chi connectivity index (χ0v) is 27.6. The first-order valence-electron chi connectivity index (χ1n) is 15.0. The number of pyridine rings is 1. The highest BCUT2D eigenvalue weighted by Gasteiger charge is 2.36. The van der Waals surface area contributed by atoms with Crippen LogP contribution in [0.3, 0.4) is 0 Å². The number of benzene rings is 2. The van der Waals surface area contributed by atoms with Crippen molar-refractivity contribution in [1.82, 2.24) is 19.8 Å². The second-order valence-corrected chi connectivity index (χ2v) is 13.2. The Labute approximate surface area is 269 Å². The van der Waals surface area contributed by atoms with Gasteiger partial charge in [0, 0.05) is 24.4 Å². The number of amides is 1. The number of hydrogen-bond donors (Lipinski definition) is 2. The SMILES string of the molecule is Cc1cccc(C)c1-c1cc([C@@H](CC(=O)O)NC(=O)[C@@H](CC(C)C)n2cc(CCN(C)C)c(C(F)(F)F)cc2=O)c2ncsc2c1. The van der Waals surface area contributed by atoms with Crippen LogP contribution in [0.25, 0.3) is 21.3 Å². The summed E-state index contributed by atoms with van der Waals surface area (Å²) in [7, 11) is 3.46. The Hall–Kier alpha value is -4.03. The molecule has 0 saturated heterocycles. The second kappa shape index (κ2) is 14.2. The molecule has 12 heteroatoms. The average Bonchev–Trinajstić information content (AvgIpc) is 3.42. The molecule has 0 spiro atoms. The van der Waals surface area contributed by atoms with Crippen molar-refractivity contribution in [3.05, 3.63) is 86.3 Å². The van der Waals surface area contributed by atoms with Crippen LogP contribution in [-0.2, 0) is 22.2 Å². The summed E-state index contributed by atoms with van der Waals surface area (Å²) in [6.07, 6.45) is -3.94. The maximum atomic E-state index is 14.1. The lowest BCUT2D eigenvalue weighted by molar-refractivity contribution is -0.139. The first-order valence-corrected chi connectivity index (χ1v) is 15.9. The summed E-state index contributed by atoms with van der Waals surface area (Å²) in [5.41, 5.74) is 4.48. The van der Waals surface area contributed by atoms with E-state index in [-0.39, 0.29) is 24.3 Å². The molecule has 0 aliphatic rings. The Morgan fingerprint density at radius 3 is 2.37 bits per heavy atom. The molecule has 0 bridgehead atoms. The van der Waals surface area contributed by atoms with Crippen molar-refractivity contribution in [1.29, 1.82) is 0 Å². The lowest BCUT2D eigenvalue weighted by Crippen LogP contribution is -2.40. The zero-order valence-electron chi connectivity index (χ0n) is 26.7. The molecule has 2 aromatic heterocycles. The van der Waals surface area contributed by atoms with Crippen molar-refractivity contribution in [2.45, 2.75) is 65.2 Å². The van der Waals surface area contributed by atoms with Crippen LogP contribution >= 0.6 is 11.3 Å². The van der Waals surface area contributed by atoms with Crippen molar-refractivity contribution in [3.8, 4) is 11.1 Å². The fourth-order valence-corrected chi connectivity index (χ4v) is 6.54. The third-order valence-corrected chi connectivity index (χ3v) is 8.71. The molecule has 4 rings (SSSR count).